The highest BCUT2D eigenvalue weighted by atomic mass is 32.1. The lowest BCUT2D eigenvalue weighted by Crippen LogP contribution is -2.31. The Labute approximate surface area is 122 Å². The van der Waals surface area contributed by atoms with Gasteiger partial charge in [-0.3, -0.25) is 0 Å². The van der Waals surface area contributed by atoms with E-state index in [9.17, 15) is 8.78 Å². The second-order valence-corrected chi connectivity index (χ2v) is 5.57. The van der Waals surface area contributed by atoms with Crippen LogP contribution in [0.1, 0.15) is 6.42 Å². The Balaban J connectivity index is 1.69. The van der Waals surface area contributed by atoms with Gasteiger partial charge in [-0.05, 0) is 24.6 Å². The summed E-state index contributed by atoms with van der Waals surface area (Å²) >= 11 is 1.27. The lowest BCUT2D eigenvalue weighted by Gasteiger charge is -2.14. The molecule has 1 aromatic carbocycles. The molecule has 2 aromatic rings. The van der Waals surface area contributed by atoms with E-state index in [-0.39, 0.29) is 5.75 Å². The van der Waals surface area contributed by atoms with E-state index in [4.69, 9.17) is 4.74 Å². The molecule has 0 amide bonds. The second kappa shape index (κ2) is 4.63. The van der Waals surface area contributed by atoms with Crippen molar-refractivity contribution in [2.24, 2.45) is 4.99 Å². The van der Waals surface area contributed by atoms with Gasteiger partial charge in [0.1, 0.15) is 16.9 Å². The fraction of sp³-hybridized carbons (Fsp3) is 0.143. The van der Waals surface area contributed by atoms with Gasteiger partial charge in [0, 0.05) is 18.8 Å². The number of aromatic nitrogens is 1. The van der Waals surface area contributed by atoms with Crippen molar-refractivity contribution in [1.29, 1.82) is 0 Å². The average Bonchev–Trinajstić information content (AvgIpc) is 3.05. The first-order chi connectivity index (χ1) is 10.2. The summed E-state index contributed by atoms with van der Waals surface area (Å²) in [6.45, 7) is 0.898. The summed E-state index contributed by atoms with van der Waals surface area (Å²) in [6, 6.07) is 3.38. The van der Waals surface area contributed by atoms with Crippen LogP contribution in [0.25, 0.3) is 6.20 Å². The Morgan fingerprint density at radius 3 is 3.00 bits per heavy atom. The number of hydrogen-bond acceptors (Lipinski definition) is 5. The Kier molecular flexibility index (Phi) is 2.75. The fourth-order valence-electron chi connectivity index (χ4n) is 2.21. The zero-order valence-electron chi connectivity index (χ0n) is 10.7. The van der Waals surface area contributed by atoms with Crippen LogP contribution in [-0.4, -0.2) is 16.4 Å². The van der Waals surface area contributed by atoms with Crippen molar-refractivity contribution in [2.75, 3.05) is 6.54 Å². The van der Waals surface area contributed by atoms with E-state index >= 15 is 0 Å². The lowest BCUT2D eigenvalue weighted by atomic mass is 10.3. The molecule has 4 nitrogen and oxygen atoms in total. The summed E-state index contributed by atoms with van der Waals surface area (Å²) in [6.07, 6.45) is 4.97. The lowest BCUT2D eigenvalue weighted by molar-refractivity contribution is 0.458. The van der Waals surface area contributed by atoms with Crippen molar-refractivity contribution in [3.8, 4) is 10.9 Å². The molecule has 0 unspecified atom stereocenters. The molecule has 0 fully saturated rings. The van der Waals surface area contributed by atoms with Crippen molar-refractivity contribution in [3.63, 3.8) is 0 Å². The monoisotopic (exact) mass is 305 g/mol. The van der Waals surface area contributed by atoms with Gasteiger partial charge in [0.05, 0.1) is 0 Å². The smallest absolute Gasteiger partial charge is 0.281 e. The molecule has 0 bridgehead atoms. The highest BCUT2D eigenvalue weighted by Crippen LogP contribution is 2.24. The summed E-state index contributed by atoms with van der Waals surface area (Å²) in [5, 5.41) is 1.09. The van der Waals surface area contributed by atoms with E-state index in [2.05, 4.69) is 16.1 Å². The minimum Gasteiger partial charge on any atom is -0.431 e. The standard InChI is InChI=1S/C14H9F2N3OS/c15-9-4-3-8(6-10(9)16)20-14-17-11-7-19-5-1-2-12(19)18-13(11)21-14/h2-4,6-7H,1,5H2. The molecule has 0 saturated heterocycles. The van der Waals surface area contributed by atoms with Crippen LogP contribution in [0.15, 0.2) is 35.1 Å². The van der Waals surface area contributed by atoms with Crippen LogP contribution in [-0.2, 0) is 0 Å². The van der Waals surface area contributed by atoms with Gasteiger partial charge in [0.25, 0.3) is 5.19 Å². The summed E-state index contributed by atoms with van der Waals surface area (Å²) in [4.78, 5) is 10.9. The molecule has 4 rings (SSSR count). The molecule has 0 aliphatic carbocycles. The molecule has 0 saturated carbocycles. The number of nitrogens with zero attached hydrogens (tertiary/aromatic N) is 3. The third-order valence-corrected chi connectivity index (χ3v) is 4.04. The van der Waals surface area contributed by atoms with Gasteiger partial charge in [0.15, 0.2) is 16.3 Å². The number of benzene rings is 1. The minimum atomic E-state index is -0.948. The van der Waals surface area contributed by atoms with Gasteiger partial charge < -0.3 is 9.64 Å². The first-order valence-electron chi connectivity index (χ1n) is 6.36. The molecule has 0 spiro atoms. The molecule has 0 N–H and O–H groups in total. The Morgan fingerprint density at radius 1 is 1.24 bits per heavy atom. The van der Waals surface area contributed by atoms with Gasteiger partial charge in [-0.25, -0.2) is 13.8 Å². The van der Waals surface area contributed by atoms with Gasteiger partial charge in [-0.2, -0.15) is 4.98 Å². The van der Waals surface area contributed by atoms with Crippen molar-refractivity contribution in [3.05, 3.63) is 51.8 Å². The molecule has 7 heteroatoms. The molecule has 2 aliphatic heterocycles. The van der Waals surface area contributed by atoms with Gasteiger partial charge in [0.2, 0.25) is 0 Å². The summed E-state index contributed by atoms with van der Waals surface area (Å²) in [7, 11) is 0. The largest absolute Gasteiger partial charge is 0.431 e. The van der Waals surface area contributed by atoms with Gasteiger partial charge in [-0.15, -0.1) is 0 Å². The van der Waals surface area contributed by atoms with Crippen LogP contribution in [0.3, 0.4) is 0 Å². The number of rotatable bonds is 2. The number of ether oxygens (including phenoxy) is 1. The molecule has 21 heavy (non-hydrogen) atoms. The first kappa shape index (κ1) is 12.5. The molecule has 1 aromatic heterocycles. The number of thiazole rings is 1. The topological polar surface area (TPSA) is 37.7 Å². The molecular formula is C14H9F2N3OS. The third kappa shape index (κ3) is 2.19. The van der Waals surface area contributed by atoms with E-state index in [1.807, 2.05) is 11.1 Å². The van der Waals surface area contributed by atoms with Crippen LogP contribution < -0.4 is 14.8 Å². The zero-order valence-corrected chi connectivity index (χ0v) is 11.5. The Hall–Kier alpha value is -2.28. The maximum Gasteiger partial charge on any atom is 0.281 e. The number of hydrogen-bond donors (Lipinski definition) is 0. The maximum absolute atomic E-state index is 13.2. The van der Waals surface area contributed by atoms with Crippen molar-refractivity contribution in [1.82, 2.24) is 9.88 Å². The van der Waals surface area contributed by atoms with Crippen LogP contribution in [0, 0.1) is 11.6 Å². The highest BCUT2D eigenvalue weighted by molar-refractivity contribution is 7.10. The van der Waals surface area contributed by atoms with E-state index < -0.39 is 11.6 Å². The van der Waals surface area contributed by atoms with Crippen LogP contribution >= 0.6 is 11.3 Å². The molecule has 3 heterocycles. The first-order valence-corrected chi connectivity index (χ1v) is 7.18. The maximum atomic E-state index is 13.2. The Bertz CT molecular complexity index is 875. The predicted octanol–water partition coefficient (Wildman–Crippen LogP) is 2.13. The quantitative estimate of drug-likeness (QED) is 0.853. The van der Waals surface area contributed by atoms with E-state index in [0.29, 0.717) is 5.19 Å². The summed E-state index contributed by atoms with van der Waals surface area (Å²) in [5.41, 5.74) is 0. The average molecular weight is 305 g/mol. The second-order valence-electron chi connectivity index (χ2n) is 4.63. The molecule has 106 valence electrons. The van der Waals surface area contributed by atoms with Crippen LogP contribution in [0.5, 0.6) is 10.9 Å². The number of fused-ring (bicyclic) bond motifs is 2. The van der Waals surface area contributed by atoms with E-state index in [0.717, 1.165) is 40.9 Å². The van der Waals surface area contributed by atoms with E-state index in [1.165, 1.54) is 17.4 Å². The van der Waals surface area contributed by atoms with Crippen molar-refractivity contribution < 1.29 is 13.5 Å². The molecule has 2 aliphatic rings. The van der Waals surface area contributed by atoms with Crippen molar-refractivity contribution >= 4 is 17.5 Å². The SMILES string of the molecule is Fc1ccc(Oc2nc3c(s2)=NC2=CCCN2C=3)cc1F. The van der Waals surface area contributed by atoms with Gasteiger partial charge in [-0.1, -0.05) is 11.3 Å². The van der Waals surface area contributed by atoms with Crippen molar-refractivity contribution in [2.45, 2.75) is 6.42 Å². The molecular weight excluding hydrogens is 296 g/mol. The highest BCUT2D eigenvalue weighted by Gasteiger charge is 2.17. The molecule has 0 atom stereocenters. The summed E-state index contributed by atoms with van der Waals surface area (Å²) in [5.74, 6) is -0.724. The third-order valence-electron chi connectivity index (χ3n) is 3.20. The number of halogens is 2. The summed E-state index contributed by atoms with van der Waals surface area (Å²) < 4.78 is 32.3. The Morgan fingerprint density at radius 2 is 2.14 bits per heavy atom. The normalized spacial score (nSPS) is 15.7. The van der Waals surface area contributed by atoms with Crippen LogP contribution in [0.2, 0.25) is 0 Å². The fourth-order valence-corrected chi connectivity index (χ4v) is 3.00. The predicted molar refractivity (Wildman–Crippen MR) is 73.2 cm³/mol. The van der Waals surface area contributed by atoms with E-state index in [1.54, 1.807) is 0 Å². The minimum absolute atomic E-state index is 0.208. The zero-order chi connectivity index (χ0) is 14.4. The molecule has 0 radical (unpaired) electrons. The van der Waals surface area contributed by atoms with Crippen LogP contribution in [0.4, 0.5) is 8.78 Å². The van der Waals surface area contributed by atoms with Gasteiger partial charge >= 0.3 is 0 Å².